The number of hydrogen-bond donors (Lipinski definition) is 1. The summed E-state index contributed by atoms with van der Waals surface area (Å²) in [6, 6.07) is 3.94. The van der Waals surface area contributed by atoms with Crippen molar-refractivity contribution in [2.75, 3.05) is 23.7 Å². The summed E-state index contributed by atoms with van der Waals surface area (Å²) < 4.78 is 0.281. The largest absolute Gasteiger partial charge is 0.392 e. The first-order valence-electron chi connectivity index (χ1n) is 5.97. The number of aliphatic hydroxyl groups is 1. The van der Waals surface area contributed by atoms with Crippen LogP contribution in [-0.2, 0) is 6.61 Å². The van der Waals surface area contributed by atoms with Gasteiger partial charge in [0.1, 0.15) is 5.82 Å². The highest BCUT2D eigenvalue weighted by Crippen LogP contribution is 2.31. The lowest BCUT2D eigenvalue weighted by molar-refractivity contribution is 0.281. The van der Waals surface area contributed by atoms with Crippen LogP contribution in [0.4, 0.5) is 5.82 Å². The molecule has 0 radical (unpaired) electrons. The van der Waals surface area contributed by atoms with Gasteiger partial charge in [-0.1, -0.05) is 0 Å². The van der Waals surface area contributed by atoms with Gasteiger partial charge in [0, 0.05) is 29.3 Å². The summed E-state index contributed by atoms with van der Waals surface area (Å²) in [6.45, 7) is 8.66. The third-order valence-electron chi connectivity index (χ3n) is 2.93. The van der Waals surface area contributed by atoms with Gasteiger partial charge in [-0.3, -0.25) is 0 Å². The van der Waals surface area contributed by atoms with E-state index in [1.54, 1.807) is 0 Å². The molecule has 17 heavy (non-hydrogen) atoms. The van der Waals surface area contributed by atoms with Gasteiger partial charge in [0.15, 0.2) is 0 Å². The van der Waals surface area contributed by atoms with E-state index in [2.05, 4.69) is 23.7 Å². The van der Waals surface area contributed by atoms with Gasteiger partial charge in [-0.25, -0.2) is 4.98 Å². The topological polar surface area (TPSA) is 36.4 Å². The first-order valence-corrected chi connectivity index (χ1v) is 6.96. The Labute approximate surface area is 107 Å². The number of pyridine rings is 1. The molecule has 0 bridgehead atoms. The zero-order chi connectivity index (χ0) is 12.5. The molecule has 1 aliphatic rings. The zero-order valence-electron chi connectivity index (χ0n) is 10.7. The Morgan fingerprint density at radius 1 is 1.47 bits per heavy atom. The highest BCUT2D eigenvalue weighted by atomic mass is 32.2. The molecule has 4 heteroatoms. The molecule has 0 spiro atoms. The van der Waals surface area contributed by atoms with Crippen LogP contribution < -0.4 is 4.90 Å². The van der Waals surface area contributed by atoms with Gasteiger partial charge in [-0.2, -0.15) is 11.8 Å². The van der Waals surface area contributed by atoms with E-state index < -0.39 is 0 Å². The molecule has 3 nitrogen and oxygen atoms in total. The lowest BCUT2D eigenvalue weighted by atomic mass is 10.1. The number of hydrogen-bond acceptors (Lipinski definition) is 4. The van der Waals surface area contributed by atoms with Crippen molar-refractivity contribution < 1.29 is 5.11 Å². The molecule has 1 aromatic heterocycles. The van der Waals surface area contributed by atoms with E-state index in [0.29, 0.717) is 0 Å². The van der Waals surface area contributed by atoms with Crippen LogP contribution in [0.15, 0.2) is 12.1 Å². The van der Waals surface area contributed by atoms with Gasteiger partial charge in [0.05, 0.1) is 6.61 Å². The Hall–Kier alpha value is -0.740. The number of aromatic nitrogens is 1. The molecule has 1 aliphatic heterocycles. The van der Waals surface area contributed by atoms with E-state index in [1.165, 1.54) is 0 Å². The number of anilines is 1. The second kappa shape index (κ2) is 4.86. The third-order valence-corrected chi connectivity index (χ3v) is 4.23. The predicted molar refractivity (Wildman–Crippen MR) is 73.6 cm³/mol. The summed E-state index contributed by atoms with van der Waals surface area (Å²) >= 11 is 2.01. The van der Waals surface area contributed by atoms with Crippen LogP contribution >= 0.6 is 11.8 Å². The van der Waals surface area contributed by atoms with Crippen LogP contribution in [-0.4, -0.2) is 33.7 Å². The van der Waals surface area contributed by atoms with Crippen LogP contribution in [0.3, 0.4) is 0 Å². The molecule has 0 unspecified atom stereocenters. The van der Waals surface area contributed by atoms with Crippen molar-refractivity contribution >= 4 is 17.6 Å². The monoisotopic (exact) mass is 252 g/mol. The third kappa shape index (κ3) is 3.13. The molecule has 0 aromatic carbocycles. The Morgan fingerprint density at radius 3 is 2.88 bits per heavy atom. The maximum atomic E-state index is 9.24. The fourth-order valence-corrected chi connectivity index (χ4v) is 3.30. The number of aryl methyl sites for hydroxylation is 1. The number of nitrogens with zero attached hydrogens (tertiary/aromatic N) is 2. The lowest BCUT2D eigenvalue weighted by Gasteiger charge is -2.38. The van der Waals surface area contributed by atoms with Gasteiger partial charge < -0.3 is 10.0 Å². The number of rotatable bonds is 2. The fourth-order valence-electron chi connectivity index (χ4n) is 2.19. The summed E-state index contributed by atoms with van der Waals surface area (Å²) in [7, 11) is 0. The summed E-state index contributed by atoms with van der Waals surface area (Å²) in [6.07, 6.45) is 0. The van der Waals surface area contributed by atoms with E-state index >= 15 is 0 Å². The quantitative estimate of drug-likeness (QED) is 0.875. The summed E-state index contributed by atoms with van der Waals surface area (Å²) in [4.78, 5) is 6.90. The first-order chi connectivity index (χ1) is 8.00. The van der Waals surface area contributed by atoms with Gasteiger partial charge in [-0.05, 0) is 38.5 Å². The highest BCUT2D eigenvalue weighted by Gasteiger charge is 2.27. The smallest absolute Gasteiger partial charge is 0.129 e. The van der Waals surface area contributed by atoms with Crippen molar-refractivity contribution in [1.82, 2.24) is 4.98 Å². The van der Waals surface area contributed by atoms with Gasteiger partial charge in [0.2, 0.25) is 0 Å². The van der Waals surface area contributed by atoms with Crippen molar-refractivity contribution in [3.05, 3.63) is 23.4 Å². The maximum absolute atomic E-state index is 9.24. The molecule has 1 fully saturated rings. The van der Waals surface area contributed by atoms with Crippen molar-refractivity contribution in [3.63, 3.8) is 0 Å². The van der Waals surface area contributed by atoms with Gasteiger partial charge >= 0.3 is 0 Å². The Balaban J connectivity index is 2.24. The zero-order valence-corrected chi connectivity index (χ0v) is 11.5. The number of aliphatic hydroxyl groups excluding tert-OH is 1. The fraction of sp³-hybridized carbons (Fsp3) is 0.615. The Bertz CT molecular complexity index is 406. The average molecular weight is 252 g/mol. The van der Waals surface area contributed by atoms with Crippen molar-refractivity contribution in [2.45, 2.75) is 32.1 Å². The summed E-state index contributed by atoms with van der Waals surface area (Å²) in [5, 5.41) is 9.24. The maximum Gasteiger partial charge on any atom is 0.129 e. The van der Waals surface area contributed by atoms with Gasteiger partial charge in [-0.15, -0.1) is 0 Å². The minimum absolute atomic E-state index is 0.0857. The minimum atomic E-state index is 0.0857. The number of thioether (sulfide) groups is 1. The lowest BCUT2D eigenvalue weighted by Crippen LogP contribution is -2.43. The van der Waals surface area contributed by atoms with E-state index in [-0.39, 0.29) is 11.4 Å². The van der Waals surface area contributed by atoms with Crippen LogP contribution in [0.25, 0.3) is 0 Å². The van der Waals surface area contributed by atoms with Crippen LogP contribution in [0.5, 0.6) is 0 Å². The molecule has 1 saturated heterocycles. The highest BCUT2D eigenvalue weighted by molar-refractivity contribution is 8.00. The van der Waals surface area contributed by atoms with Crippen LogP contribution in [0.1, 0.15) is 25.1 Å². The van der Waals surface area contributed by atoms with Crippen LogP contribution in [0.2, 0.25) is 0 Å². The molecular weight excluding hydrogens is 232 g/mol. The molecule has 2 heterocycles. The normalized spacial score (nSPS) is 19.4. The minimum Gasteiger partial charge on any atom is -0.392 e. The average Bonchev–Trinajstić information content (AvgIpc) is 2.27. The molecule has 2 rings (SSSR count). The standard InChI is InChI=1S/C13H20N2OS/c1-10-6-11(8-16)7-12(14-10)15-4-5-17-13(2,3)9-15/h6-7,16H,4-5,8-9H2,1-3H3. The molecule has 0 atom stereocenters. The molecule has 1 aromatic rings. The molecule has 94 valence electrons. The molecule has 0 amide bonds. The molecule has 1 N–H and O–H groups in total. The summed E-state index contributed by atoms with van der Waals surface area (Å²) in [5.74, 6) is 2.14. The van der Waals surface area contributed by atoms with E-state index in [1.807, 2.05) is 30.8 Å². The molecule has 0 aliphatic carbocycles. The van der Waals surface area contributed by atoms with Crippen molar-refractivity contribution in [1.29, 1.82) is 0 Å². The molecular formula is C13H20N2OS. The van der Waals surface area contributed by atoms with Crippen LogP contribution in [0, 0.1) is 6.92 Å². The van der Waals surface area contributed by atoms with E-state index in [4.69, 9.17) is 0 Å². The Kier molecular flexibility index (Phi) is 3.64. The predicted octanol–water partition coefficient (Wildman–Crippen LogP) is 2.21. The van der Waals surface area contributed by atoms with E-state index in [9.17, 15) is 5.11 Å². The Morgan fingerprint density at radius 2 is 2.24 bits per heavy atom. The first kappa shape index (κ1) is 12.7. The van der Waals surface area contributed by atoms with Gasteiger partial charge in [0.25, 0.3) is 0 Å². The second-order valence-electron chi connectivity index (χ2n) is 5.16. The van der Waals surface area contributed by atoms with Crippen molar-refractivity contribution in [3.8, 4) is 0 Å². The summed E-state index contributed by atoms with van der Waals surface area (Å²) in [5.41, 5.74) is 1.92. The van der Waals surface area contributed by atoms with E-state index in [0.717, 1.165) is 35.9 Å². The second-order valence-corrected chi connectivity index (χ2v) is 6.96. The SMILES string of the molecule is Cc1cc(CO)cc(N2CCSC(C)(C)C2)n1. The van der Waals surface area contributed by atoms with Crippen molar-refractivity contribution in [2.24, 2.45) is 0 Å². The molecule has 0 saturated carbocycles.